The molecule has 1 aromatic rings. The van der Waals surface area contributed by atoms with Crippen LogP contribution in [0.4, 0.5) is 10.1 Å². The normalized spacial score (nSPS) is 10.4. The van der Waals surface area contributed by atoms with Gasteiger partial charge in [0.15, 0.2) is 0 Å². The molecule has 1 aromatic carbocycles. The summed E-state index contributed by atoms with van der Waals surface area (Å²) in [6.07, 6.45) is 4.07. The summed E-state index contributed by atoms with van der Waals surface area (Å²) in [4.78, 5) is 0. The maximum absolute atomic E-state index is 12.5. The fraction of sp³-hybridized carbons (Fsp3) is 0.182. The van der Waals surface area contributed by atoms with Crippen LogP contribution in [0.5, 0.6) is 0 Å². The van der Waals surface area contributed by atoms with Crippen molar-refractivity contribution in [2.75, 3.05) is 5.32 Å². The highest BCUT2D eigenvalue weighted by Crippen LogP contribution is 2.07. The van der Waals surface area contributed by atoms with Crippen molar-refractivity contribution in [3.63, 3.8) is 0 Å². The predicted molar refractivity (Wildman–Crippen MR) is 57.2 cm³/mol. The lowest BCUT2D eigenvalue weighted by Gasteiger charge is -1.99. The molecule has 0 radical (unpaired) electrons. The maximum atomic E-state index is 12.5. The minimum absolute atomic E-state index is 0.249. The molecule has 0 saturated heterocycles. The molecule has 1 rings (SSSR count). The van der Waals surface area contributed by atoms with Gasteiger partial charge in [0.2, 0.25) is 0 Å². The van der Waals surface area contributed by atoms with Gasteiger partial charge in [-0.3, -0.25) is 0 Å². The minimum Gasteiger partial charge on any atom is -0.362 e. The lowest BCUT2D eigenvalue weighted by atomic mass is 10.3. The molecule has 3 heteroatoms. The molecule has 0 aliphatic carbocycles. The van der Waals surface area contributed by atoms with E-state index in [4.69, 9.17) is 5.41 Å². The molecule has 0 aromatic heterocycles. The Labute approximate surface area is 83.0 Å². The van der Waals surface area contributed by atoms with Crippen LogP contribution in [-0.4, -0.2) is 5.71 Å². The molecule has 0 unspecified atom stereocenters. The molecule has 0 heterocycles. The Kier molecular flexibility index (Phi) is 3.85. The van der Waals surface area contributed by atoms with Crippen LogP contribution in [-0.2, 0) is 0 Å². The van der Waals surface area contributed by atoms with Gasteiger partial charge in [0.1, 0.15) is 5.82 Å². The van der Waals surface area contributed by atoms with Crippen molar-refractivity contribution in [3.8, 4) is 0 Å². The number of hydrogen-bond donors (Lipinski definition) is 2. The van der Waals surface area contributed by atoms with Crippen molar-refractivity contribution in [2.45, 2.75) is 13.3 Å². The summed E-state index contributed by atoms with van der Waals surface area (Å²) in [6.45, 7) is 1.92. The molecular weight excluding hydrogens is 179 g/mol. The van der Waals surface area contributed by atoms with Crippen LogP contribution >= 0.6 is 0 Å². The van der Waals surface area contributed by atoms with Crippen LogP contribution in [0, 0.1) is 11.2 Å². The molecule has 0 atom stereocenters. The Balaban J connectivity index is 2.49. The maximum Gasteiger partial charge on any atom is 0.123 e. The SMILES string of the molecule is CCC(=N)/C=C\Nc1ccc(F)cc1. The van der Waals surface area contributed by atoms with Crippen LogP contribution in [0.25, 0.3) is 0 Å². The van der Waals surface area contributed by atoms with E-state index in [1.54, 1.807) is 24.4 Å². The summed E-state index contributed by atoms with van der Waals surface area (Å²) in [6, 6.07) is 6.08. The number of benzene rings is 1. The van der Waals surface area contributed by atoms with Gasteiger partial charge in [-0.1, -0.05) is 6.92 Å². The molecule has 74 valence electrons. The smallest absolute Gasteiger partial charge is 0.123 e. The summed E-state index contributed by atoms with van der Waals surface area (Å²) in [5.41, 5.74) is 1.37. The highest BCUT2D eigenvalue weighted by atomic mass is 19.1. The van der Waals surface area contributed by atoms with Gasteiger partial charge in [-0.05, 0) is 36.8 Å². The summed E-state index contributed by atoms with van der Waals surface area (Å²) < 4.78 is 12.5. The third-order valence-corrected chi connectivity index (χ3v) is 1.76. The lowest BCUT2D eigenvalue weighted by molar-refractivity contribution is 0.628. The minimum atomic E-state index is -0.249. The Morgan fingerprint density at radius 2 is 2.07 bits per heavy atom. The third kappa shape index (κ3) is 3.39. The van der Waals surface area contributed by atoms with E-state index in [2.05, 4.69) is 5.32 Å². The number of allylic oxidation sites excluding steroid dienone is 1. The van der Waals surface area contributed by atoms with Gasteiger partial charge in [-0.2, -0.15) is 0 Å². The van der Waals surface area contributed by atoms with E-state index in [0.29, 0.717) is 12.1 Å². The first-order valence-electron chi connectivity index (χ1n) is 4.48. The van der Waals surface area contributed by atoms with Gasteiger partial charge in [0.05, 0.1) is 0 Å². The molecule has 0 aliphatic rings. The summed E-state index contributed by atoms with van der Waals surface area (Å²) >= 11 is 0. The van der Waals surface area contributed by atoms with E-state index in [1.165, 1.54) is 12.1 Å². The molecule has 0 bridgehead atoms. The Hall–Kier alpha value is -1.64. The Morgan fingerprint density at radius 3 is 2.64 bits per heavy atom. The molecule has 14 heavy (non-hydrogen) atoms. The number of hydrogen-bond acceptors (Lipinski definition) is 2. The van der Waals surface area contributed by atoms with E-state index in [0.717, 1.165) is 5.69 Å². The second kappa shape index (κ2) is 5.17. The second-order valence-electron chi connectivity index (χ2n) is 2.86. The molecule has 0 aliphatic heterocycles. The highest BCUT2D eigenvalue weighted by molar-refractivity contribution is 5.92. The lowest BCUT2D eigenvalue weighted by Crippen LogP contribution is -1.91. The van der Waals surface area contributed by atoms with Crippen molar-refractivity contribution in [3.05, 3.63) is 42.4 Å². The topological polar surface area (TPSA) is 35.9 Å². The van der Waals surface area contributed by atoms with E-state index >= 15 is 0 Å². The average Bonchev–Trinajstić information content (AvgIpc) is 2.21. The average molecular weight is 192 g/mol. The fourth-order valence-electron chi connectivity index (χ4n) is 0.902. The second-order valence-corrected chi connectivity index (χ2v) is 2.86. The third-order valence-electron chi connectivity index (χ3n) is 1.76. The molecule has 0 saturated carbocycles. The Bertz CT molecular complexity index is 328. The zero-order chi connectivity index (χ0) is 10.4. The van der Waals surface area contributed by atoms with Crippen molar-refractivity contribution in [2.24, 2.45) is 0 Å². The zero-order valence-electron chi connectivity index (χ0n) is 8.05. The van der Waals surface area contributed by atoms with Crippen molar-refractivity contribution in [1.29, 1.82) is 5.41 Å². The molecule has 2 nitrogen and oxygen atoms in total. The van der Waals surface area contributed by atoms with Gasteiger partial charge < -0.3 is 10.7 Å². The van der Waals surface area contributed by atoms with Gasteiger partial charge in [0, 0.05) is 17.6 Å². The van der Waals surface area contributed by atoms with Gasteiger partial charge in [0.25, 0.3) is 0 Å². The van der Waals surface area contributed by atoms with Gasteiger partial charge in [-0.25, -0.2) is 4.39 Å². The summed E-state index contributed by atoms with van der Waals surface area (Å²) in [5.74, 6) is -0.249. The van der Waals surface area contributed by atoms with Crippen molar-refractivity contribution < 1.29 is 4.39 Å². The first-order valence-corrected chi connectivity index (χ1v) is 4.48. The van der Waals surface area contributed by atoms with Crippen LogP contribution in [0.3, 0.4) is 0 Å². The first kappa shape index (κ1) is 10.4. The predicted octanol–water partition coefficient (Wildman–Crippen LogP) is 3.18. The highest BCUT2D eigenvalue weighted by Gasteiger charge is 1.89. The zero-order valence-corrected chi connectivity index (χ0v) is 8.05. The molecule has 0 fully saturated rings. The quantitative estimate of drug-likeness (QED) is 0.706. The largest absolute Gasteiger partial charge is 0.362 e. The van der Waals surface area contributed by atoms with Crippen LogP contribution in [0.1, 0.15) is 13.3 Å². The molecule has 0 amide bonds. The van der Waals surface area contributed by atoms with E-state index in [1.807, 2.05) is 6.92 Å². The standard InChI is InChI=1S/C11H13FN2/c1-2-10(13)7-8-14-11-5-3-9(12)4-6-11/h3-8,13-14H,2H2,1H3/b8-7-,13-10?. The van der Waals surface area contributed by atoms with Crippen LogP contribution < -0.4 is 5.32 Å². The van der Waals surface area contributed by atoms with Gasteiger partial charge in [-0.15, -0.1) is 0 Å². The molecular formula is C11H13FN2. The number of anilines is 1. The van der Waals surface area contributed by atoms with Crippen LogP contribution in [0.15, 0.2) is 36.5 Å². The number of halogens is 1. The fourth-order valence-corrected chi connectivity index (χ4v) is 0.902. The Morgan fingerprint density at radius 1 is 1.43 bits per heavy atom. The monoisotopic (exact) mass is 192 g/mol. The van der Waals surface area contributed by atoms with E-state index in [9.17, 15) is 4.39 Å². The number of nitrogens with one attached hydrogen (secondary N) is 2. The van der Waals surface area contributed by atoms with Crippen LogP contribution in [0.2, 0.25) is 0 Å². The van der Waals surface area contributed by atoms with E-state index in [-0.39, 0.29) is 5.82 Å². The molecule has 0 spiro atoms. The molecule has 2 N–H and O–H groups in total. The number of rotatable bonds is 4. The van der Waals surface area contributed by atoms with Crippen molar-refractivity contribution >= 4 is 11.4 Å². The summed E-state index contributed by atoms with van der Waals surface area (Å²) in [5, 5.41) is 10.3. The van der Waals surface area contributed by atoms with Gasteiger partial charge >= 0.3 is 0 Å². The van der Waals surface area contributed by atoms with E-state index < -0.39 is 0 Å². The van der Waals surface area contributed by atoms with Crippen molar-refractivity contribution in [1.82, 2.24) is 0 Å². The first-order chi connectivity index (χ1) is 6.72. The summed E-state index contributed by atoms with van der Waals surface area (Å²) in [7, 11) is 0.